The number of esters is 1. The van der Waals surface area contributed by atoms with Crippen LogP contribution >= 0.6 is 0 Å². The second-order valence-electron chi connectivity index (χ2n) is 4.40. The van der Waals surface area contributed by atoms with Gasteiger partial charge in [0, 0.05) is 0 Å². The van der Waals surface area contributed by atoms with Gasteiger partial charge in [0.25, 0.3) is 0 Å². The monoisotopic (exact) mass is 332 g/mol. The van der Waals surface area contributed by atoms with Gasteiger partial charge in [-0.15, -0.1) is 0 Å². The summed E-state index contributed by atoms with van der Waals surface area (Å²) in [5.74, 6) is -13.4. The number of ether oxygens (including phenoxy) is 2. The van der Waals surface area contributed by atoms with Gasteiger partial charge in [0.2, 0.25) is 34.8 Å². The second-order valence-corrected chi connectivity index (χ2v) is 4.40. The van der Waals surface area contributed by atoms with Crippen molar-refractivity contribution in [3.05, 3.63) is 58.9 Å². The van der Waals surface area contributed by atoms with Crippen molar-refractivity contribution in [2.45, 2.75) is 6.42 Å². The summed E-state index contributed by atoms with van der Waals surface area (Å²) in [5, 5.41) is 0. The summed E-state index contributed by atoms with van der Waals surface area (Å²) < 4.78 is 74.8. The summed E-state index contributed by atoms with van der Waals surface area (Å²) in [6.07, 6.45) is -0.427. The fourth-order valence-corrected chi connectivity index (χ4v) is 1.73. The quantitative estimate of drug-likeness (QED) is 0.282. The molecule has 122 valence electrons. The molecule has 23 heavy (non-hydrogen) atoms. The molecule has 0 amide bonds. The number of carbonyl (C=O) groups is 1. The lowest BCUT2D eigenvalue weighted by molar-refractivity contribution is -0.134. The number of halogens is 5. The summed E-state index contributed by atoms with van der Waals surface area (Å²) in [7, 11) is 1.44. The smallest absolute Gasteiger partial charge is 0.315 e. The first-order valence-electron chi connectivity index (χ1n) is 6.20. The molecule has 2 aromatic carbocycles. The molecule has 2 aromatic rings. The number of rotatable bonds is 4. The van der Waals surface area contributed by atoms with Crippen molar-refractivity contribution in [3.63, 3.8) is 0 Å². The van der Waals surface area contributed by atoms with Crippen LogP contribution in [0.25, 0.3) is 0 Å². The van der Waals surface area contributed by atoms with Crippen LogP contribution in [0.2, 0.25) is 0 Å². The van der Waals surface area contributed by atoms with E-state index in [-0.39, 0.29) is 0 Å². The normalized spacial score (nSPS) is 10.5. The van der Waals surface area contributed by atoms with Crippen LogP contribution in [0.1, 0.15) is 5.56 Å². The minimum atomic E-state index is -2.32. The summed E-state index contributed by atoms with van der Waals surface area (Å²) >= 11 is 0. The first kappa shape index (κ1) is 16.7. The minimum absolute atomic E-state index is 0.402. The molecular weight excluding hydrogens is 323 g/mol. The van der Waals surface area contributed by atoms with Crippen molar-refractivity contribution in [1.29, 1.82) is 0 Å². The van der Waals surface area contributed by atoms with Crippen LogP contribution in [0.5, 0.6) is 11.5 Å². The number of carbonyl (C=O) groups excluding carboxylic acids is 1. The topological polar surface area (TPSA) is 35.5 Å². The van der Waals surface area contributed by atoms with E-state index in [1.165, 1.54) is 31.4 Å². The van der Waals surface area contributed by atoms with Crippen molar-refractivity contribution in [3.8, 4) is 11.5 Å². The molecule has 8 heteroatoms. The van der Waals surface area contributed by atoms with E-state index in [1.807, 2.05) is 0 Å². The fraction of sp³-hybridized carbons (Fsp3) is 0.133. The van der Waals surface area contributed by atoms with Gasteiger partial charge < -0.3 is 9.47 Å². The lowest BCUT2D eigenvalue weighted by atomic mass is 10.1. The Kier molecular flexibility index (Phi) is 4.83. The van der Waals surface area contributed by atoms with Gasteiger partial charge in [-0.2, -0.15) is 8.78 Å². The molecule has 2 rings (SSSR count). The van der Waals surface area contributed by atoms with E-state index in [1.54, 1.807) is 0 Å². The molecule has 0 saturated carbocycles. The van der Waals surface area contributed by atoms with E-state index < -0.39 is 47.2 Å². The number of hydrogen-bond donors (Lipinski definition) is 0. The predicted octanol–water partition coefficient (Wildman–Crippen LogP) is 3.54. The van der Waals surface area contributed by atoms with Gasteiger partial charge in [-0.3, -0.25) is 4.79 Å². The molecule has 0 aliphatic heterocycles. The van der Waals surface area contributed by atoms with E-state index >= 15 is 0 Å². The zero-order valence-electron chi connectivity index (χ0n) is 11.6. The summed E-state index contributed by atoms with van der Waals surface area (Å²) in [6.45, 7) is 0. The van der Waals surface area contributed by atoms with Crippen LogP contribution in [0.3, 0.4) is 0 Å². The third-order valence-corrected chi connectivity index (χ3v) is 2.89. The standard InChI is InChI=1S/C15H9F5O3/c1-22-8-4-2-7(3-5-8)6-9(21)23-15-13(19)11(17)10(16)12(18)14(15)20/h2-5H,6H2,1H3. The second kappa shape index (κ2) is 6.64. The van der Waals surface area contributed by atoms with Gasteiger partial charge in [-0.25, -0.2) is 13.2 Å². The molecule has 0 fully saturated rings. The van der Waals surface area contributed by atoms with Gasteiger partial charge in [-0.1, -0.05) is 12.1 Å². The van der Waals surface area contributed by atoms with Crippen LogP contribution < -0.4 is 9.47 Å². The third kappa shape index (κ3) is 3.41. The Bertz CT molecular complexity index is 715. The molecule has 3 nitrogen and oxygen atoms in total. The van der Waals surface area contributed by atoms with Crippen molar-refractivity contribution < 1.29 is 36.2 Å². The molecule has 0 aromatic heterocycles. The maximum Gasteiger partial charge on any atom is 0.315 e. The Hall–Kier alpha value is -2.64. The van der Waals surface area contributed by atoms with Crippen LogP contribution in [0.15, 0.2) is 24.3 Å². The number of hydrogen-bond acceptors (Lipinski definition) is 3. The molecule has 0 N–H and O–H groups in total. The van der Waals surface area contributed by atoms with Crippen molar-refractivity contribution in [2.24, 2.45) is 0 Å². The summed E-state index contributed by atoms with van der Waals surface area (Å²) in [5.41, 5.74) is 0.402. The number of benzene rings is 2. The summed E-state index contributed by atoms with van der Waals surface area (Å²) in [6, 6.07) is 6.03. The van der Waals surface area contributed by atoms with E-state index in [2.05, 4.69) is 4.74 Å². The molecule has 0 atom stereocenters. The third-order valence-electron chi connectivity index (χ3n) is 2.89. The van der Waals surface area contributed by atoms with Gasteiger partial charge >= 0.3 is 5.97 Å². The average Bonchev–Trinajstić information content (AvgIpc) is 2.56. The largest absolute Gasteiger partial charge is 0.497 e. The van der Waals surface area contributed by atoms with Gasteiger partial charge in [0.05, 0.1) is 13.5 Å². The molecule has 0 radical (unpaired) electrons. The Labute approximate surface area is 127 Å². The first-order valence-corrected chi connectivity index (χ1v) is 6.20. The Balaban J connectivity index is 2.20. The molecule has 0 aliphatic rings. The lowest BCUT2D eigenvalue weighted by Gasteiger charge is -2.09. The zero-order chi connectivity index (χ0) is 17.1. The Morgan fingerprint density at radius 1 is 0.870 bits per heavy atom. The predicted molar refractivity (Wildman–Crippen MR) is 68.6 cm³/mol. The van der Waals surface area contributed by atoms with E-state index in [0.29, 0.717) is 11.3 Å². The highest BCUT2D eigenvalue weighted by atomic mass is 19.2. The summed E-state index contributed by atoms with van der Waals surface area (Å²) in [4.78, 5) is 11.6. The Morgan fingerprint density at radius 3 is 1.83 bits per heavy atom. The molecule has 0 aliphatic carbocycles. The van der Waals surface area contributed by atoms with Crippen molar-refractivity contribution >= 4 is 5.97 Å². The van der Waals surface area contributed by atoms with Crippen molar-refractivity contribution in [2.75, 3.05) is 7.11 Å². The minimum Gasteiger partial charge on any atom is -0.497 e. The zero-order valence-corrected chi connectivity index (χ0v) is 11.6. The highest BCUT2D eigenvalue weighted by Gasteiger charge is 2.28. The van der Waals surface area contributed by atoms with Gasteiger partial charge in [0.1, 0.15) is 5.75 Å². The SMILES string of the molecule is COc1ccc(CC(=O)Oc2c(F)c(F)c(F)c(F)c2F)cc1. The highest BCUT2D eigenvalue weighted by molar-refractivity contribution is 5.75. The van der Waals surface area contributed by atoms with Gasteiger partial charge in [0.15, 0.2) is 0 Å². The first-order chi connectivity index (χ1) is 10.8. The molecule has 0 spiro atoms. The molecule has 0 saturated heterocycles. The molecular formula is C15H9F5O3. The molecule has 0 bridgehead atoms. The van der Waals surface area contributed by atoms with E-state index in [0.717, 1.165) is 0 Å². The van der Waals surface area contributed by atoms with E-state index in [9.17, 15) is 26.7 Å². The molecule has 0 unspecified atom stereocenters. The number of methoxy groups -OCH3 is 1. The molecule has 0 heterocycles. The Morgan fingerprint density at radius 2 is 1.35 bits per heavy atom. The van der Waals surface area contributed by atoms with Crippen molar-refractivity contribution in [1.82, 2.24) is 0 Å². The van der Waals surface area contributed by atoms with Crippen LogP contribution in [-0.2, 0) is 11.2 Å². The lowest BCUT2D eigenvalue weighted by Crippen LogP contribution is -2.15. The maximum atomic E-state index is 13.4. The highest BCUT2D eigenvalue weighted by Crippen LogP contribution is 2.29. The average molecular weight is 332 g/mol. The van der Waals surface area contributed by atoms with E-state index in [4.69, 9.17) is 4.74 Å². The van der Waals surface area contributed by atoms with Crippen LogP contribution in [0.4, 0.5) is 22.0 Å². The van der Waals surface area contributed by atoms with Gasteiger partial charge in [-0.05, 0) is 17.7 Å². The maximum absolute atomic E-state index is 13.4. The van der Waals surface area contributed by atoms with Crippen LogP contribution in [-0.4, -0.2) is 13.1 Å². The fourth-order valence-electron chi connectivity index (χ4n) is 1.73. The van der Waals surface area contributed by atoms with Crippen LogP contribution in [0, 0.1) is 29.1 Å².